The zero-order chi connectivity index (χ0) is 39.3. The van der Waals surface area contributed by atoms with Crippen LogP contribution in [0.2, 0.25) is 5.02 Å². The summed E-state index contributed by atoms with van der Waals surface area (Å²) in [6.45, 7) is 12.2. The number of nitrogens with zero attached hydrogens (tertiary/aromatic N) is 3. The van der Waals surface area contributed by atoms with Gasteiger partial charge in [0.25, 0.3) is 5.91 Å². The molecule has 0 radical (unpaired) electrons. The molecule has 0 atom stereocenters. The monoisotopic (exact) mass is 787 g/mol. The third-order valence-electron chi connectivity index (χ3n) is 10.3. The standard InChI is InChI=1S/C40H49ClF3N5O4S/c1-5-18-49(38(51)45-27-28-9-11-30(42)12-10-28)32-13-19-47(20-14-32)21-15-40(29-7-6-8-31(43)24-29)16-22-48(23-17-40)37(50)33-25-36(35(44)26-34(33)41)54(52,53)46-39(2,3)4/h5-12,24-26,32,46H,1,13-23,27H2,2-4H3,(H,45,51). The third-order valence-corrected chi connectivity index (χ3v) is 12.4. The Balaban J connectivity index is 1.24. The highest BCUT2D eigenvalue weighted by Gasteiger charge is 2.39. The van der Waals surface area contributed by atoms with Crippen molar-refractivity contribution in [3.05, 3.63) is 112 Å². The minimum atomic E-state index is -4.29. The number of benzene rings is 3. The molecule has 54 heavy (non-hydrogen) atoms. The number of hydrogen-bond donors (Lipinski definition) is 2. The van der Waals surface area contributed by atoms with Gasteiger partial charge in [0, 0.05) is 50.8 Å². The number of sulfonamides is 1. The van der Waals surface area contributed by atoms with Crippen LogP contribution < -0.4 is 10.0 Å². The Morgan fingerprint density at radius 3 is 2.26 bits per heavy atom. The number of amides is 3. The highest BCUT2D eigenvalue weighted by atomic mass is 35.5. The van der Waals surface area contributed by atoms with Gasteiger partial charge in [0.05, 0.1) is 10.6 Å². The molecule has 3 amide bonds. The van der Waals surface area contributed by atoms with Gasteiger partial charge in [0.1, 0.15) is 22.3 Å². The Labute approximate surface area is 321 Å². The first-order valence-electron chi connectivity index (χ1n) is 18.2. The quantitative estimate of drug-likeness (QED) is 0.188. The molecule has 0 bridgehead atoms. The highest BCUT2D eigenvalue weighted by molar-refractivity contribution is 7.89. The molecule has 3 aromatic carbocycles. The second-order valence-corrected chi connectivity index (χ2v) is 17.3. The van der Waals surface area contributed by atoms with E-state index in [-0.39, 0.29) is 40.8 Å². The van der Waals surface area contributed by atoms with Crippen LogP contribution in [-0.4, -0.2) is 85.9 Å². The van der Waals surface area contributed by atoms with Crippen LogP contribution in [0.3, 0.4) is 0 Å². The van der Waals surface area contributed by atoms with E-state index in [9.17, 15) is 31.2 Å². The minimum absolute atomic E-state index is 0.0110. The average molecular weight is 788 g/mol. The van der Waals surface area contributed by atoms with Crippen molar-refractivity contribution in [2.75, 3.05) is 39.3 Å². The Morgan fingerprint density at radius 1 is 0.981 bits per heavy atom. The maximum Gasteiger partial charge on any atom is 0.318 e. The molecule has 0 saturated carbocycles. The molecule has 9 nitrogen and oxygen atoms in total. The van der Waals surface area contributed by atoms with E-state index in [0.29, 0.717) is 38.9 Å². The molecule has 2 heterocycles. The fourth-order valence-corrected chi connectivity index (χ4v) is 9.15. The average Bonchev–Trinajstić information content (AvgIpc) is 3.12. The smallest absolute Gasteiger partial charge is 0.318 e. The predicted octanol–water partition coefficient (Wildman–Crippen LogP) is 7.26. The van der Waals surface area contributed by atoms with Crippen molar-refractivity contribution < 1.29 is 31.2 Å². The summed E-state index contributed by atoms with van der Waals surface area (Å²) in [7, 11) is -4.29. The number of rotatable bonds is 12. The Kier molecular flexibility index (Phi) is 13.2. The summed E-state index contributed by atoms with van der Waals surface area (Å²) in [4.78, 5) is 32.1. The lowest BCUT2D eigenvalue weighted by molar-refractivity contribution is 0.0638. The number of carbonyl (C=O) groups is 2. The summed E-state index contributed by atoms with van der Waals surface area (Å²) < 4.78 is 71.3. The number of carbonyl (C=O) groups excluding carboxylic acids is 2. The molecule has 2 aliphatic heterocycles. The lowest BCUT2D eigenvalue weighted by atomic mass is 9.70. The van der Waals surface area contributed by atoms with Gasteiger partial charge >= 0.3 is 6.03 Å². The summed E-state index contributed by atoms with van der Waals surface area (Å²) >= 11 is 6.32. The van der Waals surface area contributed by atoms with Crippen LogP contribution in [0, 0.1) is 17.5 Å². The van der Waals surface area contributed by atoms with E-state index < -0.39 is 37.6 Å². The van der Waals surface area contributed by atoms with Crippen LogP contribution in [0.15, 0.2) is 78.2 Å². The number of likely N-dealkylation sites (tertiary alicyclic amines) is 2. The van der Waals surface area contributed by atoms with E-state index in [2.05, 4.69) is 21.5 Å². The van der Waals surface area contributed by atoms with Crippen molar-refractivity contribution >= 4 is 33.6 Å². The first-order valence-corrected chi connectivity index (χ1v) is 20.1. The lowest BCUT2D eigenvalue weighted by Crippen LogP contribution is -2.51. The van der Waals surface area contributed by atoms with Gasteiger partial charge in [-0.05, 0) is 112 Å². The molecule has 0 aliphatic carbocycles. The van der Waals surface area contributed by atoms with Gasteiger partial charge in [-0.25, -0.2) is 31.1 Å². The number of halogens is 4. The van der Waals surface area contributed by atoms with Crippen LogP contribution in [0.4, 0.5) is 18.0 Å². The Bertz CT molecular complexity index is 1920. The van der Waals surface area contributed by atoms with Gasteiger partial charge in [-0.15, -0.1) is 6.58 Å². The van der Waals surface area contributed by atoms with E-state index in [1.165, 1.54) is 18.2 Å². The van der Waals surface area contributed by atoms with Crippen LogP contribution >= 0.6 is 11.6 Å². The molecule has 0 spiro atoms. The molecule has 2 fully saturated rings. The SMILES string of the molecule is C=CCN(C(=O)NCc1ccc(F)cc1)C1CCN(CCC2(c3cccc(F)c3)CCN(C(=O)c3cc(S(=O)(=O)NC(C)(C)C)c(F)cc3Cl)CC2)CC1. The molecular formula is C40H49ClF3N5O4S. The molecule has 2 aliphatic rings. The molecular weight excluding hydrogens is 739 g/mol. The van der Waals surface area contributed by atoms with Crippen molar-refractivity contribution in [2.24, 2.45) is 0 Å². The summed E-state index contributed by atoms with van der Waals surface area (Å²) in [5.74, 6) is -2.24. The van der Waals surface area contributed by atoms with Crippen molar-refractivity contribution in [3.8, 4) is 0 Å². The number of hydrogen-bond acceptors (Lipinski definition) is 5. The summed E-state index contributed by atoms with van der Waals surface area (Å²) in [5, 5.41) is 2.76. The Morgan fingerprint density at radius 2 is 1.65 bits per heavy atom. The largest absolute Gasteiger partial charge is 0.339 e. The summed E-state index contributed by atoms with van der Waals surface area (Å²) in [6.07, 6.45) is 4.97. The number of piperidine rings is 2. The van der Waals surface area contributed by atoms with Crippen LogP contribution in [-0.2, 0) is 22.0 Å². The molecule has 3 aromatic rings. The zero-order valence-electron chi connectivity index (χ0n) is 31.0. The minimum Gasteiger partial charge on any atom is -0.339 e. The van der Waals surface area contributed by atoms with E-state index in [4.69, 9.17) is 11.6 Å². The maximum absolute atomic E-state index is 14.9. The molecule has 5 rings (SSSR count). The molecule has 292 valence electrons. The van der Waals surface area contributed by atoms with Crippen LogP contribution in [0.25, 0.3) is 0 Å². The fraction of sp³-hybridized carbons (Fsp3) is 0.450. The van der Waals surface area contributed by atoms with Crippen molar-refractivity contribution in [1.82, 2.24) is 24.7 Å². The highest BCUT2D eigenvalue weighted by Crippen LogP contribution is 2.40. The summed E-state index contributed by atoms with van der Waals surface area (Å²) in [6, 6.07) is 14.2. The van der Waals surface area contributed by atoms with Crippen molar-refractivity contribution in [1.29, 1.82) is 0 Å². The van der Waals surface area contributed by atoms with E-state index in [0.717, 1.165) is 55.7 Å². The number of urea groups is 1. The van der Waals surface area contributed by atoms with Crippen molar-refractivity contribution in [3.63, 3.8) is 0 Å². The normalized spacial score (nSPS) is 16.9. The van der Waals surface area contributed by atoms with Gasteiger partial charge in [0.15, 0.2) is 0 Å². The predicted molar refractivity (Wildman–Crippen MR) is 204 cm³/mol. The first kappa shape index (κ1) is 41.3. The van der Waals surface area contributed by atoms with Gasteiger partial charge in [-0.2, -0.15) is 0 Å². The molecule has 0 unspecified atom stereocenters. The maximum atomic E-state index is 14.9. The van der Waals surface area contributed by atoms with E-state index >= 15 is 0 Å². The lowest BCUT2D eigenvalue weighted by Gasteiger charge is -2.44. The van der Waals surface area contributed by atoms with Gasteiger partial charge in [-0.3, -0.25) is 4.79 Å². The second kappa shape index (κ2) is 17.3. The zero-order valence-corrected chi connectivity index (χ0v) is 32.6. The molecule has 2 saturated heterocycles. The first-order chi connectivity index (χ1) is 25.5. The fourth-order valence-electron chi connectivity index (χ4n) is 7.41. The Hall–Kier alpha value is -3.91. The van der Waals surface area contributed by atoms with Crippen LogP contribution in [0.5, 0.6) is 0 Å². The van der Waals surface area contributed by atoms with Crippen molar-refractivity contribution in [2.45, 2.75) is 81.3 Å². The molecule has 0 aromatic heterocycles. The summed E-state index contributed by atoms with van der Waals surface area (Å²) in [5.41, 5.74) is 0.216. The molecule has 2 N–H and O–H groups in total. The second-order valence-electron chi connectivity index (χ2n) is 15.2. The van der Waals surface area contributed by atoms with Gasteiger partial charge in [0.2, 0.25) is 10.0 Å². The van der Waals surface area contributed by atoms with Gasteiger partial charge < -0.3 is 20.0 Å². The molecule has 14 heteroatoms. The van der Waals surface area contributed by atoms with Crippen LogP contribution in [0.1, 0.15) is 74.4 Å². The number of nitrogens with one attached hydrogen (secondary N) is 2. The topological polar surface area (TPSA) is 102 Å². The third kappa shape index (κ3) is 10.2. The van der Waals surface area contributed by atoms with E-state index in [1.807, 2.05) is 6.07 Å². The van der Waals surface area contributed by atoms with E-state index in [1.54, 1.807) is 60.9 Å². The van der Waals surface area contributed by atoms with Gasteiger partial charge in [-0.1, -0.05) is 41.9 Å².